The van der Waals surface area contributed by atoms with Crippen molar-refractivity contribution in [3.8, 4) is 0 Å². The van der Waals surface area contributed by atoms with Crippen molar-refractivity contribution in [2.24, 2.45) is 0 Å². The predicted octanol–water partition coefficient (Wildman–Crippen LogP) is 3.27. The number of thiophene rings is 1. The Balaban J connectivity index is 2.36. The van der Waals surface area contributed by atoms with E-state index in [2.05, 4.69) is 10.3 Å². The van der Waals surface area contributed by atoms with Crippen LogP contribution in [0.5, 0.6) is 0 Å². The fourth-order valence-electron chi connectivity index (χ4n) is 2.16. The van der Waals surface area contributed by atoms with Crippen LogP contribution in [-0.2, 0) is 6.42 Å². The van der Waals surface area contributed by atoms with Gasteiger partial charge in [0.15, 0.2) is 0 Å². The van der Waals surface area contributed by atoms with Gasteiger partial charge in [-0.25, -0.2) is 9.78 Å². The molecule has 2 aromatic rings. The van der Waals surface area contributed by atoms with Crippen LogP contribution in [0.25, 0.3) is 0 Å². The molecule has 0 atom stereocenters. The molecule has 0 aliphatic heterocycles. The largest absolute Gasteiger partial charge is 0.478 e. The average Bonchev–Trinajstić information content (AvgIpc) is 2.74. The number of rotatable bonds is 4. The Kier molecular flexibility index (Phi) is 4.37. The Morgan fingerprint density at radius 3 is 2.62 bits per heavy atom. The predicted molar refractivity (Wildman–Crippen MR) is 82.3 cm³/mol. The summed E-state index contributed by atoms with van der Waals surface area (Å²) < 4.78 is 0. The van der Waals surface area contributed by atoms with Crippen LogP contribution in [0.4, 0.5) is 5.00 Å². The molecule has 0 aliphatic rings. The molecule has 0 radical (unpaired) electrons. The highest BCUT2D eigenvalue weighted by molar-refractivity contribution is 7.16. The number of carboxylic acid groups (broad SMARTS) is 1. The third-order valence-corrected chi connectivity index (χ3v) is 4.19. The molecule has 2 heterocycles. The summed E-state index contributed by atoms with van der Waals surface area (Å²) in [5.41, 5.74) is 1.95. The summed E-state index contributed by atoms with van der Waals surface area (Å²) in [6.45, 7) is 5.55. The summed E-state index contributed by atoms with van der Waals surface area (Å²) >= 11 is 1.28. The third kappa shape index (κ3) is 3.11. The zero-order valence-electron chi connectivity index (χ0n) is 12.1. The van der Waals surface area contributed by atoms with E-state index in [1.807, 2.05) is 13.8 Å². The molecule has 0 aromatic carbocycles. The monoisotopic (exact) mass is 304 g/mol. The number of carbonyl (C=O) groups is 2. The smallest absolute Gasteiger partial charge is 0.339 e. The van der Waals surface area contributed by atoms with Crippen LogP contribution < -0.4 is 5.32 Å². The van der Waals surface area contributed by atoms with Crippen molar-refractivity contribution in [2.75, 3.05) is 5.32 Å². The molecule has 0 saturated heterocycles. The van der Waals surface area contributed by atoms with Gasteiger partial charge >= 0.3 is 5.97 Å². The maximum Gasteiger partial charge on any atom is 0.339 e. The van der Waals surface area contributed by atoms with Crippen LogP contribution in [0, 0.1) is 13.8 Å². The van der Waals surface area contributed by atoms with Gasteiger partial charge in [0.2, 0.25) is 0 Å². The van der Waals surface area contributed by atoms with Crippen molar-refractivity contribution in [3.63, 3.8) is 0 Å². The summed E-state index contributed by atoms with van der Waals surface area (Å²) in [7, 11) is 0. The lowest BCUT2D eigenvalue weighted by molar-refractivity contribution is 0.0697. The number of pyridine rings is 1. The number of nitrogens with zero attached hydrogens (tertiary/aromatic N) is 1. The second-order valence-corrected chi connectivity index (χ2v) is 5.84. The molecular formula is C15H16N2O3S. The molecule has 2 rings (SSSR count). The molecule has 0 unspecified atom stereocenters. The maximum absolute atomic E-state index is 12.2. The number of hydrogen-bond acceptors (Lipinski definition) is 4. The van der Waals surface area contributed by atoms with Gasteiger partial charge in [0, 0.05) is 10.6 Å². The number of aromatic carboxylic acids is 1. The summed E-state index contributed by atoms with van der Waals surface area (Å²) in [5.74, 6) is -1.42. The molecule has 21 heavy (non-hydrogen) atoms. The highest BCUT2D eigenvalue weighted by Crippen LogP contribution is 2.33. The van der Waals surface area contributed by atoms with E-state index in [9.17, 15) is 14.7 Å². The lowest BCUT2D eigenvalue weighted by Crippen LogP contribution is -2.15. The standard InChI is InChI=1S/C15H16N2O3S/c1-4-10-9(3)21-14(12(10)15(19)20)17-13(18)11-7-5-6-8(2)16-11/h5-7H,4H2,1-3H3,(H,17,18)(H,19,20). The molecule has 2 N–H and O–H groups in total. The lowest BCUT2D eigenvalue weighted by Gasteiger charge is -2.05. The Morgan fingerprint density at radius 1 is 1.33 bits per heavy atom. The van der Waals surface area contributed by atoms with Crippen LogP contribution in [-0.4, -0.2) is 22.0 Å². The topological polar surface area (TPSA) is 79.3 Å². The van der Waals surface area contributed by atoms with E-state index < -0.39 is 11.9 Å². The third-order valence-electron chi connectivity index (χ3n) is 3.12. The van der Waals surface area contributed by atoms with Crippen molar-refractivity contribution >= 4 is 28.2 Å². The molecule has 0 bridgehead atoms. The fourth-order valence-corrected chi connectivity index (χ4v) is 3.29. The number of nitrogens with one attached hydrogen (secondary N) is 1. The molecular weight excluding hydrogens is 288 g/mol. The Hall–Kier alpha value is -2.21. The van der Waals surface area contributed by atoms with E-state index >= 15 is 0 Å². The second kappa shape index (κ2) is 6.05. The van der Waals surface area contributed by atoms with Crippen LogP contribution in [0.15, 0.2) is 18.2 Å². The van der Waals surface area contributed by atoms with Gasteiger partial charge in [-0.15, -0.1) is 11.3 Å². The number of aryl methyl sites for hydroxylation is 2. The van der Waals surface area contributed by atoms with E-state index in [0.29, 0.717) is 11.4 Å². The Morgan fingerprint density at radius 2 is 2.05 bits per heavy atom. The van der Waals surface area contributed by atoms with Gasteiger partial charge < -0.3 is 10.4 Å². The van der Waals surface area contributed by atoms with Crippen molar-refractivity contribution in [1.29, 1.82) is 0 Å². The summed E-state index contributed by atoms with van der Waals surface area (Å²) in [5, 5.41) is 12.4. The van der Waals surface area contributed by atoms with E-state index in [0.717, 1.165) is 16.1 Å². The molecule has 110 valence electrons. The second-order valence-electron chi connectivity index (χ2n) is 4.62. The van der Waals surface area contributed by atoms with Gasteiger partial charge in [-0.1, -0.05) is 13.0 Å². The van der Waals surface area contributed by atoms with Gasteiger partial charge in [-0.2, -0.15) is 0 Å². The van der Waals surface area contributed by atoms with E-state index in [1.165, 1.54) is 11.3 Å². The zero-order valence-corrected chi connectivity index (χ0v) is 12.9. The number of hydrogen-bond donors (Lipinski definition) is 2. The summed E-state index contributed by atoms with van der Waals surface area (Å²) in [6, 6.07) is 5.14. The van der Waals surface area contributed by atoms with Gasteiger partial charge in [0.25, 0.3) is 5.91 Å². The molecule has 2 aromatic heterocycles. The maximum atomic E-state index is 12.2. The first-order valence-electron chi connectivity index (χ1n) is 6.54. The fraction of sp³-hybridized carbons (Fsp3) is 0.267. The van der Waals surface area contributed by atoms with E-state index in [1.54, 1.807) is 25.1 Å². The van der Waals surface area contributed by atoms with Crippen LogP contribution >= 0.6 is 11.3 Å². The minimum Gasteiger partial charge on any atom is -0.478 e. The molecule has 6 heteroatoms. The molecule has 0 saturated carbocycles. The lowest BCUT2D eigenvalue weighted by atomic mass is 10.1. The number of carboxylic acids is 1. The Labute approximate surface area is 126 Å². The minimum atomic E-state index is -1.02. The first-order valence-corrected chi connectivity index (χ1v) is 7.36. The van der Waals surface area contributed by atoms with E-state index in [4.69, 9.17) is 0 Å². The van der Waals surface area contributed by atoms with E-state index in [-0.39, 0.29) is 11.3 Å². The number of amides is 1. The van der Waals surface area contributed by atoms with Crippen LogP contribution in [0.1, 0.15) is 43.9 Å². The zero-order chi connectivity index (χ0) is 15.6. The van der Waals surface area contributed by atoms with Crippen LogP contribution in [0.2, 0.25) is 0 Å². The molecule has 5 nitrogen and oxygen atoms in total. The quantitative estimate of drug-likeness (QED) is 0.908. The summed E-state index contributed by atoms with van der Waals surface area (Å²) in [6.07, 6.45) is 0.614. The van der Waals surface area contributed by atoms with Crippen molar-refractivity contribution in [2.45, 2.75) is 27.2 Å². The first kappa shape index (κ1) is 15.2. The number of aromatic nitrogens is 1. The number of carbonyl (C=O) groups excluding carboxylic acids is 1. The minimum absolute atomic E-state index is 0.181. The summed E-state index contributed by atoms with van der Waals surface area (Å²) in [4.78, 5) is 28.7. The normalized spacial score (nSPS) is 10.4. The van der Waals surface area contributed by atoms with Crippen molar-refractivity contribution in [1.82, 2.24) is 4.98 Å². The SMILES string of the molecule is CCc1c(C)sc(NC(=O)c2cccc(C)n2)c1C(=O)O. The molecule has 0 spiro atoms. The van der Waals surface area contributed by atoms with Crippen molar-refractivity contribution < 1.29 is 14.7 Å². The first-order chi connectivity index (χ1) is 9.93. The molecule has 0 aliphatic carbocycles. The van der Waals surface area contributed by atoms with Gasteiger partial charge in [-0.05, 0) is 38.0 Å². The molecule has 0 fully saturated rings. The highest BCUT2D eigenvalue weighted by atomic mass is 32.1. The molecule has 1 amide bonds. The van der Waals surface area contributed by atoms with Gasteiger partial charge in [-0.3, -0.25) is 4.79 Å². The number of anilines is 1. The highest BCUT2D eigenvalue weighted by Gasteiger charge is 2.22. The van der Waals surface area contributed by atoms with Crippen LogP contribution in [0.3, 0.4) is 0 Å². The van der Waals surface area contributed by atoms with Crippen molar-refractivity contribution in [3.05, 3.63) is 45.6 Å². The van der Waals surface area contributed by atoms with Gasteiger partial charge in [0.1, 0.15) is 10.7 Å². The average molecular weight is 304 g/mol. The Bertz CT molecular complexity index is 707. The van der Waals surface area contributed by atoms with Gasteiger partial charge in [0.05, 0.1) is 5.56 Å².